The summed E-state index contributed by atoms with van der Waals surface area (Å²) in [6.07, 6.45) is 1.69. The van der Waals surface area contributed by atoms with Crippen molar-refractivity contribution in [3.8, 4) is 5.75 Å². The Bertz CT molecular complexity index is 1420. The van der Waals surface area contributed by atoms with Crippen LogP contribution in [0.2, 0.25) is 5.02 Å². The molecule has 0 aliphatic carbocycles. The number of ketones is 1. The van der Waals surface area contributed by atoms with E-state index in [9.17, 15) is 22.0 Å². The van der Waals surface area contributed by atoms with Crippen molar-refractivity contribution < 1.29 is 26.7 Å². The average Bonchev–Trinajstić information content (AvgIpc) is 3.19. The Labute approximate surface area is 193 Å². The number of Topliss-reactive ketones (excluding diaryl/α,β-unsaturated/α-hetero) is 1. The maximum Gasteiger partial charge on any atom is 0.387 e. The van der Waals surface area contributed by atoms with Gasteiger partial charge in [0, 0.05) is 29.3 Å². The van der Waals surface area contributed by atoms with Crippen molar-refractivity contribution in [1.82, 2.24) is 9.19 Å². The highest BCUT2D eigenvalue weighted by Gasteiger charge is 2.22. The Balaban J connectivity index is 1.61. The third-order valence-corrected chi connectivity index (χ3v) is 6.72. The van der Waals surface area contributed by atoms with Gasteiger partial charge in [-0.25, -0.2) is 0 Å². The Morgan fingerprint density at radius 2 is 1.70 bits per heavy atom. The molecule has 6 nitrogen and oxygen atoms in total. The quantitative estimate of drug-likeness (QED) is 0.351. The van der Waals surface area contributed by atoms with Crippen LogP contribution < -0.4 is 4.74 Å². The molecule has 1 heterocycles. The molecule has 170 valence electrons. The lowest BCUT2D eigenvalue weighted by Crippen LogP contribution is -2.15. The number of halogens is 3. The largest absolute Gasteiger partial charge is 0.435 e. The van der Waals surface area contributed by atoms with Crippen LogP contribution in [0.1, 0.15) is 11.1 Å². The number of ether oxygens (including phenoxy) is 1. The second-order valence-corrected chi connectivity index (χ2v) is 9.46. The van der Waals surface area contributed by atoms with Crippen molar-refractivity contribution in [2.45, 2.75) is 24.3 Å². The van der Waals surface area contributed by atoms with E-state index in [-0.39, 0.29) is 34.8 Å². The lowest BCUT2D eigenvalue weighted by atomic mass is 10.0. The average molecular weight is 491 g/mol. The number of carbonyl (C=O) groups excluding carboxylic acids is 1. The molecule has 3 aromatic carbocycles. The SMILES string of the molecule is O=C(Cc1ccc(Cl)cc1)Cc1ccc2cnn(S(=O)(=O)c3cccc(OC(F)F)c3)c2c1. The van der Waals surface area contributed by atoms with Crippen molar-refractivity contribution in [3.63, 3.8) is 0 Å². The zero-order valence-corrected chi connectivity index (χ0v) is 18.6. The van der Waals surface area contributed by atoms with E-state index in [2.05, 4.69) is 9.84 Å². The predicted octanol–water partition coefficient (Wildman–Crippen LogP) is 4.88. The maximum atomic E-state index is 13.1. The van der Waals surface area contributed by atoms with E-state index in [0.29, 0.717) is 16.0 Å². The Morgan fingerprint density at radius 3 is 2.42 bits per heavy atom. The van der Waals surface area contributed by atoms with Gasteiger partial charge in [0.15, 0.2) is 0 Å². The summed E-state index contributed by atoms with van der Waals surface area (Å²) in [5, 5.41) is 5.10. The first-order valence-electron chi connectivity index (χ1n) is 9.75. The molecule has 0 N–H and O–H groups in total. The van der Waals surface area contributed by atoms with E-state index in [0.717, 1.165) is 15.7 Å². The number of benzene rings is 3. The van der Waals surface area contributed by atoms with Crippen LogP contribution in [-0.2, 0) is 27.7 Å². The van der Waals surface area contributed by atoms with E-state index >= 15 is 0 Å². The van der Waals surface area contributed by atoms with Gasteiger partial charge in [0.05, 0.1) is 16.6 Å². The molecule has 10 heteroatoms. The van der Waals surface area contributed by atoms with Gasteiger partial charge in [-0.1, -0.05) is 41.9 Å². The summed E-state index contributed by atoms with van der Waals surface area (Å²) >= 11 is 5.87. The minimum atomic E-state index is -4.20. The molecule has 0 aliphatic heterocycles. The molecule has 0 bridgehead atoms. The molecule has 33 heavy (non-hydrogen) atoms. The minimum Gasteiger partial charge on any atom is -0.435 e. The summed E-state index contributed by atoms with van der Waals surface area (Å²) in [4.78, 5) is 12.3. The van der Waals surface area contributed by atoms with Crippen LogP contribution in [0.25, 0.3) is 10.9 Å². The van der Waals surface area contributed by atoms with Crippen LogP contribution in [-0.4, -0.2) is 30.0 Å². The zero-order chi connectivity index (χ0) is 23.6. The lowest BCUT2D eigenvalue weighted by molar-refractivity contribution is -0.117. The van der Waals surface area contributed by atoms with Crippen LogP contribution in [0.15, 0.2) is 77.8 Å². The van der Waals surface area contributed by atoms with Crippen LogP contribution in [0.5, 0.6) is 5.75 Å². The summed E-state index contributed by atoms with van der Waals surface area (Å²) in [6, 6.07) is 16.8. The van der Waals surface area contributed by atoms with Crippen LogP contribution >= 0.6 is 11.6 Å². The molecule has 0 saturated carbocycles. The van der Waals surface area contributed by atoms with Crippen molar-refractivity contribution in [3.05, 3.63) is 89.1 Å². The van der Waals surface area contributed by atoms with Gasteiger partial charge in [0.1, 0.15) is 11.5 Å². The van der Waals surface area contributed by atoms with E-state index in [1.807, 2.05) is 0 Å². The van der Waals surface area contributed by atoms with Crippen molar-refractivity contribution in [2.75, 3.05) is 0 Å². The molecule has 1 aromatic heterocycles. The normalized spacial score (nSPS) is 11.8. The van der Waals surface area contributed by atoms with Gasteiger partial charge in [-0.2, -0.15) is 26.4 Å². The first-order valence-corrected chi connectivity index (χ1v) is 11.6. The summed E-state index contributed by atoms with van der Waals surface area (Å²) in [6.45, 7) is -3.08. The fourth-order valence-electron chi connectivity index (χ4n) is 3.37. The molecule has 0 spiro atoms. The number of nitrogens with zero attached hydrogens (tertiary/aromatic N) is 2. The van der Waals surface area contributed by atoms with E-state index < -0.39 is 16.6 Å². The fourth-order valence-corrected chi connectivity index (χ4v) is 4.80. The molecule has 0 radical (unpaired) electrons. The van der Waals surface area contributed by atoms with Gasteiger partial charge in [-0.05, 0) is 41.5 Å². The van der Waals surface area contributed by atoms with Gasteiger partial charge in [0.25, 0.3) is 10.0 Å². The Kier molecular flexibility index (Phi) is 6.44. The highest BCUT2D eigenvalue weighted by atomic mass is 35.5. The van der Waals surface area contributed by atoms with Crippen LogP contribution in [0, 0.1) is 0 Å². The summed E-state index contributed by atoms with van der Waals surface area (Å²) in [5.74, 6) is -0.335. The number of aromatic nitrogens is 2. The standard InChI is InChI=1S/C23H17ClF2N2O4S/c24-18-8-5-15(6-9-18)10-19(29)11-16-4-7-17-14-27-28(22(17)12-16)33(30,31)21-3-1-2-20(13-21)32-23(25)26/h1-9,12-14,23H,10-11H2. The second kappa shape index (κ2) is 9.29. The predicted molar refractivity (Wildman–Crippen MR) is 119 cm³/mol. The number of hydrogen-bond donors (Lipinski definition) is 0. The second-order valence-electron chi connectivity index (χ2n) is 7.26. The first-order chi connectivity index (χ1) is 15.7. The number of carbonyl (C=O) groups is 1. The van der Waals surface area contributed by atoms with Gasteiger partial charge >= 0.3 is 6.61 Å². The summed E-state index contributed by atoms with van der Waals surface area (Å²) < 4.78 is 56.4. The Hall–Kier alpha value is -3.30. The topological polar surface area (TPSA) is 78.3 Å². The molecular formula is C23H17ClF2N2O4S. The molecule has 0 amide bonds. The monoisotopic (exact) mass is 490 g/mol. The molecule has 4 aromatic rings. The van der Waals surface area contributed by atoms with Gasteiger partial charge < -0.3 is 4.74 Å². The summed E-state index contributed by atoms with van der Waals surface area (Å²) in [5.41, 5.74) is 1.71. The van der Waals surface area contributed by atoms with Crippen molar-refractivity contribution in [2.24, 2.45) is 0 Å². The molecule has 0 atom stereocenters. The van der Waals surface area contributed by atoms with Gasteiger partial charge in [-0.3, -0.25) is 4.79 Å². The fraction of sp³-hybridized carbons (Fsp3) is 0.130. The third-order valence-electron chi connectivity index (χ3n) is 4.87. The van der Waals surface area contributed by atoms with Crippen molar-refractivity contribution in [1.29, 1.82) is 0 Å². The number of hydrogen-bond acceptors (Lipinski definition) is 5. The number of alkyl halides is 2. The molecule has 4 rings (SSSR count). The van der Waals surface area contributed by atoms with E-state index in [1.54, 1.807) is 42.5 Å². The van der Waals surface area contributed by atoms with E-state index in [1.165, 1.54) is 24.4 Å². The smallest absolute Gasteiger partial charge is 0.387 e. The number of fused-ring (bicyclic) bond motifs is 1. The highest BCUT2D eigenvalue weighted by Crippen LogP contribution is 2.25. The molecule has 0 unspecified atom stereocenters. The van der Waals surface area contributed by atoms with E-state index in [4.69, 9.17) is 11.6 Å². The summed E-state index contributed by atoms with van der Waals surface area (Å²) in [7, 11) is -4.20. The van der Waals surface area contributed by atoms with Gasteiger partial charge in [-0.15, -0.1) is 0 Å². The molecule has 0 fully saturated rings. The molecular weight excluding hydrogens is 474 g/mol. The Morgan fingerprint density at radius 1 is 1.00 bits per heavy atom. The lowest BCUT2D eigenvalue weighted by Gasteiger charge is -2.09. The number of rotatable bonds is 8. The minimum absolute atomic E-state index is 0.0533. The maximum absolute atomic E-state index is 13.1. The first kappa shape index (κ1) is 22.9. The van der Waals surface area contributed by atoms with Crippen LogP contribution in [0.4, 0.5) is 8.78 Å². The molecule has 0 aliphatic rings. The van der Waals surface area contributed by atoms with Crippen LogP contribution in [0.3, 0.4) is 0 Å². The zero-order valence-electron chi connectivity index (χ0n) is 17.0. The van der Waals surface area contributed by atoms with Gasteiger partial charge in [0.2, 0.25) is 0 Å². The third kappa shape index (κ3) is 5.20. The molecule has 0 saturated heterocycles. The van der Waals surface area contributed by atoms with Crippen molar-refractivity contribution >= 4 is 38.3 Å². The highest BCUT2D eigenvalue weighted by molar-refractivity contribution is 7.90.